The van der Waals surface area contributed by atoms with E-state index in [2.05, 4.69) is 52.5 Å². The number of hydrogen-bond donors (Lipinski definition) is 13. The first-order chi connectivity index (χ1) is 37.0. The van der Waals surface area contributed by atoms with Gasteiger partial charge in [-0.05, 0) is 61.8 Å². The SMILES string of the molecule is N=C(N)NCCC[C@H](NC(=O)[C@@H]1CCCN1)C(=O)N[C@@H](Cc1ccccc1)C(=O)N[C@@H](Cc1ccccc1)C(=O)N[C@@H](CC(N)=O)C(=O)N[C@@H](Cc1c[nH]cn1)C(=O)N[C@@H](Cc1ccccc1)C(=O)N1CCC[C@@H]1C(=O)O. The summed E-state index contributed by atoms with van der Waals surface area (Å²) >= 11 is 0. The van der Waals surface area contributed by atoms with E-state index in [4.69, 9.17) is 16.9 Å². The van der Waals surface area contributed by atoms with Gasteiger partial charge in [0.05, 0.1) is 24.5 Å². The highest BCUT2D eigenvalue weighted by Gasteiger charge is 2.40. The highest BCUT2D eigenvalue weighted by molar-refractivity contribution is 5.99. The number of H-pyrrole nitrogens is 1. The van der Waals surface area contributed by atoms with Gasteiger partial charge >= 0.3 is 5.97 Å². The molecule has 0 bridgehead atoms. The Morgan fingerprint density at radius 1 is 0.636 bits per heavy atom. The summed E-state index contributed by atoms with van der Waals surface area (Å²) in [6.45, 7) is 0.996. The second-order valence-corrected chi connectivity index (χ2v) is 19.0. The Kier molecular flexibility index (Phi) is 21.6. The molecule has 6 rings (SSSR count). The van der Waals surface area contributed by atoms with Crippen LogP contribution in [-0.4, -0.2) is 147 Å². The van der Waals surface area contributed by atoms with Gasteiger partial charge in [-0.15, -0.1) is 0 Å². The summed E-state index contributed by atoms with van der Waals surface area (Å²) < 4.78 is 0. The van der Waals surface area contributed by atoms with Crippen molar-refractivity contribution >= 4 is 59.2 Å². The van der Waals surface area contributed by atoms with Crippen LogP contribution >= 0.6 is 0 Å². The van der Waals surface area contributed by atoms with E-state index in [0.29, 0.717) is 48.2 Å². The highest BCUT2D eigenvalue weighted by Crippen LogP contribution is 2.20. The Morgan fingerprint density at radius 2 is 1.13 bits per heavy atom. The summed E-state index contributed by atoms with van der Waals surface area (Å²) in [6, 6.07) is 16.0. The number of hydrogen-bond acceptors (Lipinski definition) is 12. The van der Waals surface area contributed by atoms with Gasteiger partial charge in [-0.1, -0.05) is 91.0 Å². The van der Waals surface area contributed by atoms with Crippen LogP contribution in [0.2, 0.25) is 0 Å². The standard InChI is InChI=1S/C53H68N14O10/c54-44(68)29-41(50(74)64-40(28-35-30-57-31-60-35)49(73)66-42(27-34-17-8-3-9-18-34)51(75)67-24-12-21-43(67)52(76)77)65-48(72)39(26-33-15-6-2-7-16-33)63-47(71)38(25-32-13-4-1-5-14-32)62-46(70)37(20-11-23-59-53(55)56)61-45(69)36-19-10-22-58-36/h1-9,13-18,30-31,36-43,58H,10-12,19-29H2,(H2,54,68)(H,57,60)(H,61,69)(H,62,70)(H,63,71)(H,64,74)(H,65,72)(H,66,73)(H,76,77)(H4,55,56,59)/t36-,37-,38-,39-,40-,41-,42-,43+/m0/s1. The zero-order valence-corrected chi connectivity index (χ0v) is 42.5. The number of primary amides is 1. The normalized spacial score (nSPS) is 17.2. The number of nitrogens with one attached hydrogen (secondary N) is 10. The molecule has 1 aromatic heterocycles. The van der Waals surface area contributed by atoms with E-state index < -0.39 is 108 Å². The van der Waals surface area contributed by atoms with Gasteiger partial charge in [-0.25, -0.2) is 9.78 Å². The fraction of sp³-hybridized carbons (Fsp3) is 0.415. The van der Waals surface area contributed by atoms with Crippen LogP contribution in [0.1, 0.15) is 67.3 Å². The Bertz CT molecular complexity index is 2660. The molecule has 0 unspecified atom stereocenters. The van der Waals surface area contributed by atoms with Gasteiger partial charge in [0.15, 0.2) is 5.96 Å². The smallest absolute Gasteiger partial charge is 0.326 e. The van der Waals surface area contributed by atoms with Gasteiger partial charge in [-0.2, -0.15) is 0 Å². The van der Waals surface area contributed by atoms with Crippen LogP contribution in [0, 0.1) is 5.41 Å². The van der Waals surface area contributed by atoms with Gasteiger partial charge < -0.3 is 69.0 Å². The van der Waals surface area contributed by atoms with E-state index in [1.165, 1.54) is 17.4 Å². The van der Waals surface area contributed by atoms with Gasteiger partial charge in [0.25, 0.3) is 0 Å². The second kappa shape index (κ2) is 28.9. The van der Waals surface area contributed by atoms with Crippen molar-refractivity contribution in [2.24, 2.45) is 11.5 Å². The predicted molar refractivity (Wildman–Crippen MR) is 281 cm³/mol. The zero-order chi connectivity index (χ0) is 55.3. The molecule has 2 aliphatic rings. The molecule has 3 aromatic carbocycles. The average molecular weight is 1060 g/mol. The fourth-order valence-electron chi connectivity index (χ4n) is 9.23. The van der Waals surface area contributed by atoms with Gasteiger partial charge in [0.1, 0.15) is 42.3 Å². The van der Waals surface area contributed by atoms with Gasteiger partial charge in [0, 0.05) is 45.0 Å². The van der Waals surface area contributed by atoms with Crippen molar-refractivity contribution in [3.63, 3.8) is 0 Å². The monoisotopic (exact) mass is 1060 g/mol. The molecular weight excluding hydrogens is 993 g/mol. The summed E-state index contributed by atoms with van der Waals surface area (Å²) in [5.41, 5.74) is 13.3. The van der Waals surface area contributed by atoms with E-state index in [-0.39, 0.29) is 57.6 Å². The van der Waals surface area contributed by atoms with Crippen molar-refractivity contribution in [1.29, 1.82) is 5.41 Å². The van der Waals surface area contributed by atoms with Crippen molar-refractivity contribution in [2.75, 3.05) is 19.6 Å². The molecule has 8 atom stereocenters. The van der Waals surface area contributed by atoms with Crippen molar-refractivity contribution in [3.05, 3.63) is 126 Å². The third kappa shape index (κ3) is 18.0. The van der Waals surface area contributed by atoms with E-state index in [1.54, 1.807) is 91.0 Å². The number of carboxylic acids is 1. The molecule has 24 nitrogen and oxygen atoms in total. The van der Waals surface area contributed by atoms with Crippen LogP contribution in [0.3, 0.4) is 0 Å². The number of carboxylic acid groups (broad SMARTS) is 1. The maximum Gasteiger partial charge on any atom is 0.326 e. The average Bonchev–Trinajstić information content (AvgIpc) is 4.24. The zero-order valence-electron chi connectivity index (χ0n) is 42.5. The lowest BCUT2D eigenvalue weighted by atomic mass is 10.0. The topological polar surface area (TPSA) is 378 Å². The number of aromatic nitrogens is 2. The number of imidazole rings is 1. The Balaban J connectivity index is 1.24. The quantitative estimate of drug-likeness (QED) is 0.0176. The maximum absolute atomic E-state index is 14.6. The minimum absolute atomic E-state index is 0.0305. The number of nitrogens with zero attached hydrogens (tertiary/aromatic N) is 2. The molecule has 0 radical (unpaired) electrons. The lowest BCUT2D eigenvalue weighted by molar-refractivity contribution is -0.149. The molecule has 15 N–H and O–H groups in total. The van der Waals surface area contributed by atoms with Crippen LogP contribution in [0.25, 0.3) is 0 Å². The number of carbonyl (C=O) groups excluding carboxylic acids is 8. The highest BCUT2D eigenvalue weighted by atomic mass is 16.4. The molecule has 2 aliphatic heterocycles. The van der Waals surface area contributed by atoms with Gasteiger partial charge in [0.2, 0.25) is 47.3 Å². The first kappa shape index (κ1) is 57.6. The third-order valence-corrected chi connectivity index (χ3v) is 13.2. The minimum atomic E-state index is -1.73. The second-order valence-electron chi connectivity index (χ2n) is 19.0. The summed E-state index contributed by atoms with van der Waals surface area (Å²) in [5, 5.41) is 39.4. The molecule has 8 amide bonds. The fourth-order valence-corrected chi connectivity index (χ4v) is 9.23. The minimum Gasteiger partial charge on any atom is -0.480 e. The molecule has 4 aromatic rings. The number of likely N-dealkylation sites (tertiary alicyclic amines) is 1. The summed E-state index contributed by atoms with van der Waals surface area (Å²) in [6.07, 6.45) is 3.98. The number of guanidine groups is 1. The lowest BCUT2D eigenvalue weighted by Crippen LogP contribution is -2.61. The van der Waals surface area contributed by atoms with Crippen LogP contribution in [0.4, 0.5) is 0 Å². The van der Waals surface area contributed by atoms with E-state index in [9.17, 15) is 48.3 Å². The van der Waals surface area contributed by atoms with Crippen LogP contribution in [0.5, 0.6) is 0 Å². The summed E-state index contributed by atoms with van der Waals surface area (Å²) in [4.78, 5) is 133. The summed E-state index contributed by atoms with van der Waals surface area (Å²) in [7, 11) is 0. The molecular formula is C53H68N14O10. The van der Waals surface area contributed by atoms with Crippen LogP contribution in [-0.2, 0) is 68.8 Å². The molecule has 2 fully saturated rings. The molecule has 0 aliphatic carbocycles. The first-order valence-electron chi connectivity index (χ1n) is 25.6. The number of nitrogens with two attached hydrogens (primary N) is 2. The largest absolute Gasteiger partial charge is 0.480 e. The lowest BCUT2D eigenvalue weighted by Gasteiger charge is -2.29. The van der Waals surface area contributed by atoms with Crippen molar-refractivity contribution < 1.29 is 48.3 Å². The van der Waals surface area contributed by atoms with E-state index >= 15 is 0 Å². The number of aromatic amines is 1. The van der Waals surface area contributed by atoms with E-state index in [1.807, 2.05) is 0 Å². The van der Waals surface area contributed by atoms with E-state index in [0.717, 1.165) is 6.42 Å². The number of benzene rings is 3. The predicted octanol–water partition coefficient (Wildman–Crippen LogP) is -1.44. The number of amides is 8. The first-order valence-corrected chi connectivity index (χ1v) is 25.6. The molecule has 77 heavy (non-hydrogen) atoms. The van der Waals surface area contributed by atoms with Crippen LogP contribution in [0.15, 0.2) is 104 Å². The Morgan fingerprint density at radius 3 is 1.61 bits per heavy atom. The number of rotatable bonds is 28. The number of carbonyl (C=O) groups is 9. The Labute approximate surface area is 444 Å². The number of aliphatic carboxylic acids is 1. The molecule has 410 valence electrons. The third-order valence-electron chi connectivity index (χ3n) is 13.2. The Hall–Kier alpha value is -8.67. The molecule has 0 spiro atoms. The van der Waals surface area contributed by atoms with Crippen molar-refractivity contribution in [1.82, 2.24) is 57.4 Å². The summed E-state index contributed by atoms with van der Waals surface area (Å²) in [5.74, 6) is -7.86. The van der Waals surface area contributed by atoms with Crippen LogP contribution < -0.4 is 54.0 Å². The van der Waals surface area contributed by atoms with Gasteiger partial charge in [-0.3, -0.25) is 43.8 Å². The molecule has 24 heteroatoms. The molecule has 0 saturated carbocycles. The van der Waals surface area contributed by atoms with Crippen molar-refractivity contribution in [2.45, 2.75) is 119 Å². The maximum atomic E-state index is 14.6. The molecule has 3 heterocycles. The van der Waals surface area contributed by atoms with Crippen molar-refractivity contribution in [3.8, 4) is 0 Å². The molecule has 2 saturated heterocycles.